The van der Waals surface area contributed by atoms with Crippen LogP contribution in [0.4, 0.5) is 0 Å². The Morgan fingerprint density at radius 2 is 0.474 bits per heavy atom. The van der Waals surface area contributed by atoms with Crippen molar-refractivity contribution in [3.63, 3.8) is 0 Å². The van der Waals surface area contributed by atoms with Crippen molar-refractivity contribution in [2.45, 2.75) is 37.4 Å². The van der Waals surface area contributed by atoms with Gasteiger partial charge in [-0.05, 0) is 72.4 Å². The standard InChI is InChI=1S/3C15H17NO9.La/c3*17-12(18)6-16(7-13(19)20)11(15(23)24)5-9-1-3-10(4-2-9)25-8-14(21)22;/h3*1-4,11H,5-8H2,(H,17,18)(H,19,20)(H,21,22)(H,23,24);/t3*11-;/m000./s1. The van der Waals surface area contributed by atoms with Crippen LogP contribution in [-0.2, 0) is 76.8 Å². The first-order valence-corrected chi connectivity index (χ1v) is 21.1. The molecule has 0 fully saturated rings. The number of hydrogen-bond donors (Lipinski definition) is 12. The van der Waals surface area contributed by atoms with E-state index < -0.39 is 149 Å². The summed E-state index contributed by atoms with van der Waals surface area (Å²) >= 11 is 0. The van der Waals surface area contributed by atoms with Gasteiger partial charge >= 0.3 is 71.6 Å². The second kappa shape index (κ2) is 35.1. The van der Waals surface area contributed by atoms with Gasteiger partial charge in [0, 0.05) is 35.6 Å². The minimum absolute atomic E-state index is 0. The number of benzene rings is 3. The van der Waals surface area contributed by atoms with E-state index in [9.17, 15) is 72.9 Å². The van der Waals surface area contributed by atoms with Crippen LogP contribution >= 0.6 is 0 Å². The first-order valence-electron chi connectivity index (χ1n) is 21.1. The van der Waals surface area contributed by atoms with Crippen molar-refractivity contribution in [1.82, 2.24) is 14.7 Å². The van der Waals surface area contributed by atoms with Gasteiger partial charge in [0.2, 0.25) is 0 Å². The van der Waals surface area contributed by atoms with E-state index in [1.165, 1.54) is 72.8 Å². The van der Waals surface area contributed by atoms with E-state index in [0.29, 0.717) is 16.7 Å². The summed E-state index contributed by atoms with van der Waals surface area (Å²) in [4.78, 5) is 133. The van der Waals surface area contributed by atoms with Crippen molar-refractivity contribution in [1.29, 1.82) is 0 Å². The molecule has 12 N–H and O–H groups in total. The monoisotopic (exact) mass is 1200 g/mol. The average Bonchev–Trinajstić information content (AvgIpc) is 3.29. The molecule has 3 aromatic rings. The Labute approximate surface area is 456 Å². The number of carboxylic acid groups (broad SMARTS) is 12. The molecule has 3 rings (SSSR count). The number of rotatable bonds is 33. The minimum atomic E-state index is -1.35. The van der Waals surface area contributed by atoms with Crippen LogP contribution < -0.4 is 14.2 Å². The molecule has 0 aliphatic carbocycles. The first-order chi connectivity index (χ1) is 35.1. The molecule has 3 aromatic carbocycles. The zero-order valence-electron chi connectivity index (χ0n) is 39.6. The third-order valence-corrected chi connectivity index (χ3v) is 9.35. The fraction of sp³-hybridized carbons (Fsp3) is 0.333. The summed E-state index contributed by atoms with van der Waals surface area (Å²) < 4.78 is 14.8. The summed E-state index contributed by atoms with van der Waals surface area (Å²) in [6, 6.07) is 13.6. The van der Waals surface area contributed by atoms with Crippen LogP contribution in [0.5, 0.6) is 17.2 Å². The minimum Gasteiger partial charge on any atom is -0.482 e. The van der Waals surface area contributed by atoms with Gasteiger partial charge in [-0.15, -0.1) is 0 Å². The van der Waals surface area contributed by atoms with Gasteiger partial charge in [0.05, 0.1) is 39.3 Å². The van der Waals surface area contributed by atoms with Crippen LogP contribution in [0.1, 0.15) is 16.7 Å². The Morgan fingerprint density at radius 1 is 0.303 bits per heavy atom. The molecule has 0 aliphatic rings. The zero-order valence-corrected chi connectivity index (χ0v) is 43.2. The molecule has 1 radical (unpaired) electrons. The van der Waals surface area contributed by atoms with Gasteiger partial charge in [0.15, 0.2) is 19.8 Å². The topological polar surface area (TPSA) is 485 Å². The third kappa shape index (κ3) is 29.5. The van der Waals surface area contributed by atoms with E-state index in [1.54, 1.807) is 0 Å². The summed E-state index contributed by atoms with van der Waals surface area (Å²) in [6.45, 7) is -5.98. The van der Waals surface area contributed by atoms with Crippen molar-refractivity contribution < 1.29 is 169 Å². The molecule has 0 saturated heterocycles. The molecule has 30 nitrogen and oxygen atoms in total. The second-order valence-corrected chi connectivity index (χ2v) is 15.2. The fourth-order valence-electron chi connectivity index (χ4n) is 6.26. The smallest absolute Gasteiger partial charge is 0.341 e. The van der Waals surface area contributed by atoms with Crippen LogP contribution in [0, 0.1) is 35.6 Å². The third-order valence-electron chi connectivity index (χ3n) is 9.35. The predicted molar refractivity (Wildman–Crippen MR) is 245 cm³/mol. The van der Waals surface area contributed by atoms with Gasteiger partial charge < -0.3 is 75.5 Å². The Balaban J connectivity index is 0.00000110. The Morgan fingerprint density at radius 3 is 0.605 bits per heavy atom. The molecule has 0 saturated carbocycles. The molecule has 31 heteroatoms. The summed E-state index contributed by atoms with van der Waals surface area (Å²) in [5.74, 6) is -14.7. The second-order valence-electron chi connectivity index (χ2n) is 15.2. The Kier molecular flexibility index (Phi) is 31.3. The fourth-order valence-corrected chi connectivity index (χ4v) is 6.26. The van der Waals surface area contributed by atoms with Crippen LogP contribution in [-0.4, -0.2) is 225 Å². The van der Waals surface area contributed by atoms with Crippen molar-refractivity contribution in [2.75, 3.05) is 59.1 Å². The van der Waals surface area contributed by atoms with E-state index in [0.717, 1.165) is 14.7 Å². The van der Waals surface area contributed by atoms with E-state index in [4.69, 9.17) is 60.2 Å². The molecule has 0 aromatic heterocycles. The van der Waals surface area contributed by atoms with E-state index in [1.807, 2.05) is 0 Å². The Hall–Kier alpha value is -8.23. The average molecular weight is 1200 g/mol. The number of carbonyl (C=O) groups is 12. The number of hydrogen-bond acceptors (Lipinski definition) is 18. The first kappa shape index (κ1) is 67.8. The number of aliphatic carboxylic acids is 12. The van der Waals surface area contributed by atoms with Crippen molar-refractivity contribution >= 4 is 71.6 Å². The number of ether oxygens (including phenoxy) is 3. The molecule has 0 aliphatic heterocycles. The van der Waals surface area contributed by atoms with Crippen molar-refractivity contribution in [2.24, 2.45) is 0 Å². The van der Waals surface area contributed by atoms with E-state index in [-0.39, 0.29) is 72.1 Å². The summed E-state index contributed by atoms with van der Waals surface area (Å²) in [5.41, 5.74) is 1.49. The van der Waals surface area contributed by atoms with Gasteiger partial charge in [-0.3, -0.25) is 57.9 Å². The van der Waals surface area contributed by atoms with E-state index >= 15 is 0 Å². The van der Waals surface area contributed by atoms with Crippen molar-refractivity contribution in [3.05, 3.63) is 89.5 Å². The molecule has 76 heavy (non-hydrogen) atoms. The van der Waals surface area contributed by atoms with Gasteiger partial charge in [0.1, 0.15) is 35.4 Å². The molecule has 0 spiro atoms. The summed E-state index contributed by atoms with van der Waals surface area (Å²) in [7, 11) is 0. The quantitative estimate of drug-likeness (QED) is 0.0343. The molecule has 411 valence electrons. The summed E-state index contributed by atoms with van der Waals surface area (Å²) in [6.07, 6.45) is -0.390. The van der Waals surface area contributed by atoms with Crippen LogP contribution in [0.2, 0.25) is 0 Å². The van der Waals surface area contributed by atoms with Crippen LogP contribution in [0.15, 0.2) is 72.8 Å². The molecule has 0 unspecified atom stereocenters. The Bertz CT molecular complexity index is 2150. The largest absolute Gasteiger partial charge is 0.482 e. The van der Waals surface area contributed by atoms with E-state index in [2.05, 4.69) is 0 Å². The SMILES string of the molecule is O=C(O)COc1ccc(C[C@@H](C(=O)O)N(CC(=O)O)CC(=O)O)cc1.O=C(O)COc1ccc(C[C@@H](C(=O)O)N(CC(=O)O)CC(=O)O)cc1.O=C(O)COc1ccc(C[C@@H](C(=O)O)N(CC(=O)O)CC(=O)O)cc1.[La]. The van der Waals surface area contributed by atoms with Crippen molar-refractivity contribution in [3.8, 4) is 17.2 Å². The molecular formula is C45H51LaN3O27. The molecule has 3 atom stereocenters. The van der Waals surface area contributed by atoms with Crippen LogP contribution in [0.3, 0.4) is 0 Å². The molecule has 0 heterocycles. The zero-order chi connectivity index (χ0) is 56.9. The van der Waals surface area contributed by atoms with Gasteiger partial charge in [-0.1, -0.05) is 36.4 Å². The maximum Gasteiger partial charge on any atom is 0.341 e. The molecular weight excluding hydrogens is 1150 g/mol. The summed E-state index contributed by atoms with van der Waals surface area (Å²) in [5, 5.41) is 107. The molecule has 0 amide bonds. The number of nitrogens with zero attached hydrogens (tertiary/aromatic N) is 3. The van der Waals surface area contributed by atoms with Gasteiger partial charge in [-0.2, -0.15) is 0 Å². The normalized spacial score (nSPS) is 11.6. The van der Waals surface area contributed by atoms with Gasteiger partial charge in [0.25, 0.3) is 0 Å². The molecule has 0 bridgehead atoms. The maximum atomic E-state index is 11.4. The number of carboxylic acids is 12. The maximum absolute atomic E-state index is 11.4. The predicted octanol–water partition coefficient (Wildman–Crippen LogP) is -1.15. The van der Waals surface area contributed by atoms with Gasteiger partial charge in [-0.25, -0.2) is 14.4 Å². The van der Waals surface area contributed by atoms with Crippen LogP contribution in [0.25, 0.3) is 0 Å².